The van der Waals surface area contributed by atoms with E-state index in [1.807, 2.05) is 13.8 Å². The normalized spacial score (nSPS) is 10.7. The van der Waals surface area contributed by atoms with Crippen molar-refractivity contribution in [2.24, 2.45) is 5.73 Å². The van der Waals surface area contributed by atoms with E-state index in [-0.39, 0.29) is 0 Å². The van der Waals surface area contributed by atoms with Crippen molar-refractivity contribution in [3.8, 4) is 16.3 Å². The van der Waals surface area contributed by atoms with Gasteiger partial charge < -0.3 is 10.5 Å². The molecule has 0 aliphatic carbocycles. The van der Waals surface area contributed by atoms with Crippen molar-refractivity contribution in [3.63, 3.8) is 0 Å². The van der Waals surface area contributed by atoms with Gasteiger partial charge in [-0.25, -0.2) is 0 Å². The molecule has 0 saturated heterocycles. The van der Waals surface area contributed by atoms with Crippen LogP contribution in [0.2, 0.25) is 0 Å². The summed E-state index contributed by atoms with van der Waals surface area (Å²) in [6.45, 7) is 7.20. The van der Waals surface area contributed by atoms with Crippen LogP contribution in [0.15, 0.2) is 12.1 Å². The summed E-state index contributed by atoms with van der Waals surface area (Å²) in [6, 6.07) is 4.15. The van der Waals surface area contributed by atoms with Gasteiger partial charge in [-0.15, -0.1) is 10.2 Å². The fourth-order valence-corrected chi connectivity index (χ4v) is 2.58. The van der Waals surface area contributed by atoms with E-state index in [9.17, 15) is 0 Å². The van der Waals surface area contributed by atoms with Gasteiger partial charge in [-0.2, -0.15) is 0 Å². The lowest BCUT2D eigenvalue weighted by Gasteiger charge is -2.10. The summed E-state index contributed by atoms with van der Waals surface area (Å²) in [4.78, 5) is 0. The van der Waals surface area contributed by atoms with E-state index in [0.29, 0.717) is 13.2 Å². The van der Waals surface area contributed by atoms with Gasteiger partial charge in [0.05, 0.1) is 6.61 Å². The highest BCUT2D eigenvalue weighted by Crippen LogP contribution is 2.31. The van der Waals surface area contributed by atoms with E-state index in [1.165, 1.54) is 0 Å². The van der Waals surface area contributed by atoms with Crippen molar-refractivity contribution in [1.29, 1.82) is 0 Å². The lowest BCUT2D eigenvalue weighted by molar-refractivity contribution is 0.337. The lowest BCUT2D eigenvalue weighted by Crippen LogP contribution is -1.95. The molecule has 0 aliphatic heterocycles. The minimum Gasteiger partial charge on any atom is -0.494 e. The van der Waals surface area contributed by atoms with Crippen LogP contribution in [0, 0.1) is 13.8 Å². The van der Waals surface area contributed by atoms with Crippen LogP contribution < -0.4 is 10.5 Å². The summed E-state index contributed by atoms with van der Waals surface area (Å²) in [7, 11) is 0. The Kier molecular flexibility index (Phi) is 3.93. The number of nitrogens with two attached hydrogens (primary N) is 1. The molecule has 0 atom stereocenters. The van der Waals surface area contributed by atoms with Gasteiger partial charge in [-0.1, -0.05) is 11.3 Å². The molecular formula is C13H17N3OS. The van der Waals surface area contributed by atoms with Crippen LogP contribution >= 0.6 is 11.3 Å². The third-order valence-corrected chi connectivity index (χ3v) is 3.67. The predicted molar refractivity (Wildman–Crippen MR) is 73.9 cm³/mol. The van der Waals surface area contributed by atoms with Crippen LogP contribution in [0.4, 0.5) is 0 Å². The molecular weight excluding hydrogens is 246 g/mol. The summed E-state index contributed by atoms with van der Waals surface area (Å²) in [5, 5.41) is 10.0. The average Bonchev–Trinajstić information content (AvgIpc) is 2.82. The zero-order valence-electron chi connectivity index (χ0n) is 10.9. The maximum absolute atomic E-state index is 5.58. The smallest absolute Gasteiger partial charge is 0.148 e. The number of rotatable bonds is 4. The quantitative estimate of drug-likeness (QED) is 0.921. The number of aromatic nitrogens is 2. The van der Waals surface area contributed by atoms with Crippen LogP contribution in [0.1, 0.15) is 23.1 Å². The number of hydrogen-bond acceptors (Lipinski definition) is 5. The zero-order chi connectivity index (χ0) is 13.1. The molecule has 2 aromatic rings. The van der Waals surface area contributed by atoms with Gasteiger partial charge in [-0.05, 0) is 44.0 Å². The zero-order valence-corrected chi connectivity index (χ0v) is 11.7. The standard InChI is InChI=1S/C13H17N3OS/c1-4-17-11-6-8(2)10(5-9(11)3)13-16-15-12(7-14)18-13/h5-6H,4,7,14H2,1-3H3. The van der Waals surface area contributed by atoms with Crippen molar-refractivity contribution < 1.29 is 4.74 Å². The van der Waals surface area contributed by atoms with Crippen molar-refractivity contribution >= 4 is 11.3 Å². The Labute approximate surface area is 111 Å². The molecule has 0 saturated carbocycles. The molecule has 0 bridgehead atoms. The highest BCUT2D eigenvalue weighted by Gasteiger charge is 2.11. The largest absolute Gasteiger partial charge is 0.494 e. The molecule has 2 rings (SSSR count). The maximum Gasteiger partial charge on any atom is 0.148 e. The Hall–Kier alpha value is -1.46. The van der Waals surface area contributed by atoms with Gasteiger partial charge in [0.25, 0.3) is 0 Å². The number of aryl methyl sites for hydroxylation is 2. The van der Waals surface area contributed by atoms with Gasteiger partial charge in [0.1, 0.15) is 15.8 Å². The second-order valence-corrected chi connectivity index (χ2v) is 5.13. The van der Waals surface area contributed by atoms with Crippen LogP contribution in [0.3, 0.4) is 0 Å². The van der Waals surface area contributed by atoms with E-state index < -0.39 is 0 Å². The van der Waals surface area contributed by atoms with Crippen LogP contribution in [-0.4, -0.2) is 16.8 Å². The first kappa shape index (κ1) is 13.0. The van der Waals surface area contributed by atoms with Crippen LogP contribution in [0.5, 0.6) is 5.75 Å². The Morgan fingerprint density at radius 3 is 2.61 bits per heavy atom. The molecule has 0 spiro atoms. The van der Waals surface area contributed by atoms with Crippen LogP contribution in [0.25, 0.3) is 10.6 Å². The topological polar surface area (TPSA) is 61.0 Å². The molecule has 2 N–H and O–H groups in total. The summed E-state index contributed by atoms with van der Waals surface area (Å²) in [5.74, 6) is 0.933. The Morgan fingerprint density at radius 2 is 2.00 bits per heavy atom. The molecule has 1 heterocycles. The Balaban J connectivity index is 2.42. The first-order valence-electron chi connectivity index (χ1n) is 5.92. The highest BCUT2D eigenvalue weighted by molar-refractivity contribution is 7.14. The fourth-order valence-electron chi connectivity index (χ4n) is 1.78. The van der Waals surface area contributed by atoms with Gasteiger partial charge in [0.15, 0.2) is 0 Å². The van der Waals surface area contributed by atoms with E-state index in [0.717, 1.165) is 32.5 Å². The number of nitrogens with zero attached hydrogens (tertiary/aromatic N) is 2. The maximum atomic E-state index is 5.58. The minimum absolute atomic E-state index is 0.437. The molecule has 0 unspecified atom stereocenters. The molecule has 1 aromatic heterocycles. The van der Waals surface area contributed by atoms with E-state index in [2.05, 4.69) is 29.3 Å². The van der Waals surface area contributed by atoms with Crippen LogP contribution in [-0.2, 0) is 6.54 Å². The minimum atomic E-state index is 0.437. The molecule has 18 heavy (non-hydrogen) atoms. The summed E-state index contributed by atoms with van der Waals surface area (Å²) < 4.78 is 5.58. The highest BCUT2D eigenvalue weighted by atomic mass is 32.1. The summed E-state index contributed by atoms with van der Waals surface area (Å²) >= 11 is 1.54. The number of hydrogen-bond donors (Lipinski definition) is 1. The van der Waals surface area contributed by atoms with Crippen molar-refractivity contribution in [1.82, 2.24) is 10.2 Å². The first-order chi connectivity index (χ1) is 8.65. The predicted octanol–water partition coefficient (Wildman–Crippen LogP) is 2.68. The van der Waals surface area contributed by atoms with Crippen molar-refractivity contribution in [2.75, 3.05) is 6.61 Å². The Bertz CT molecular complexity index is 551. The Morgan fingerprint density at radius 1 is 1.22 bits per heavy atom. The first-order valence-corrected chi connectivity index (χ1v) is 6.74. The molecule has 96 valence electrons. The number of ether oxygens (including phenoxy) is 1. The molecule has 0 aliphatic rings. The molecule has 0 amide bonds. The van der Waals surface area contributed by atoms with Gasteiger partial charge in [-0.3, -0.25) is 0 Å². The lowest BCUT2D eigenvalue weighted by atomic mass is 10.1. The van der Waals surface area contributed by atoms with Gasteiger partial charge >= 0.3 is 0 Å². The molecule has 1 aromatic carbocycles. The van der Waals surface area contributed by atoms with E-state index in [4.69, 9.17) is 10.5 Å². The molecule has 4 nitrogen and oxygen atoms in total. The SMILES string of the molecule is CCOc1cc(C)c(-c2nnc(CN)s2)cc1C. The summed E-state index contributed by atoms with van der Waals surface area (Å²) in [6.07, 6.45) is 0. The number of benzene rings is 1. The summed E-state index contributed by atoms with van der Waals surface area (Å²) in [5.41, 5.74) is 8.92. The fraction of sp³-hybridized carbons (Fsp3) is 0.385. The molecule has 5 heteroatoms. The van der Waals surface area contributed by atoms with Crippen molar-refractivity contribution in [3.05, 3.63) is 28.3 Å². The second-order valence-electron chi connectivity index (χ2n) is 4.07. The van der Waals surface area contributed by atoms with E-state index >= 15 is 0 Å². The van der Waals surface area contributed by atoms with Gasteiger partial charge in [0.2, 0.25) is 0 Å². The monoisotopic (exact) mass is 263 g/mol. The van der Waals surface area contributed by atoms with E-state index in [1.54, 1.807) is 11.3 Å². The molecule has 0 radical (unpaired) electrons. The van der Waals surface area contributed by atoms with Gasteiger partial charge in [0, 0.05) is 12.1 Å². The van der Waals surface area contributed by atoms with Crippen molar-refractivity contribution in [2.45, 2.75) is 27.3 Å². The third kappa shape index (κ3) is 2.52. The second kappa shape index (κ2) is 5.46. The molecule has 0 fully saturated rings. The average molecular weight is 263 g/mol. The third-order valence-electron chi connectivity index (χ3n) is 2.69.